The second-order valence-corrected chi connectivity index (χ2v) is 12.3. The van der Waals surface area contributed by atoms with E-state index in [1.807, 2.05) is 36.4 Å². The summed E-state index contributed by atoms with van der Waals surface area (Å²) in [6.45, 7) is 21.9. The van der Waals surface area contributed by atoms with Crippen LogP contribution in [0.3, 0.4) is 0 Å². The summed E-state index contributed by atoms with van der Waals surface area (Å²) < 4.78 is 12.4. The van der Waals surface area contributed by atoms with Crippen molar-refractivity contribution >= 4 is 12.6 Å². The fourth-order valence-corrected chi connectivity index (χ4v) is 4.68. The van der Waals surface area contributed by atoms with Gasteiger partial charge in [0, 0.05) is 0 Å². The number of carbonyl (C=O) groups is 2. The molecular weight excluding hydrogens is 472 g/mol. The van der Waals surface area contributed by atoms with Gasteiger partial charge in [-0.2, -0.15) is 0 Å². The zero-order valence-corrected chi connectivity index (χ0v) is 24.7. The first-order valence-electron chi connectivity index (χ1n) is 13.2. The Morgan fingerprint density at radius 1 is 0.579 bits per heavy atom. The molecule has 3 rings (SSSR count). The van der Waals surface area contributed by atoms with Crippen molar-refractivity contribution in [1.29, 1.82) is 0 Å². The van der Waals surface area contributed by atoms with E-state index in [-0.39, 0.29) is 10.8 Å². The molecule has 3 aromatic rings. The highest BCUT2D eigenvalue weighted by Gasteiger charge is 2.20. The van der Waals surface area contributed by atoms with Crippen LogP contribution in [0, 0.1) is 27.7 Å². The molecule has 0 aliphatic carbocycles. The molecule has 0 radical (unpaired) electrons. The first-order valence-corrected chi connectivity index (χ1v) is 13.2. The van der Waals surface area contributed by atoms with Gasteiger partial charge in [-0.05, 0) is 107 Å². The Hall–Kier alpha value is -3.40. The van der Waals surface area contributed by atoms with Crippen LogP contribution >= 0.6 is 0 Å². The maximum absolute atomic E-state index is 11.8. The minimum Gasteiger partial charge on any atom is -0.488 e. The molecule has 0 unspecified atom stereocenters. The van der Waals surface area contributed by atoms with Crippen LogP contribution in [0.25, 0.3) is 0 Å². The highest BCUT2D eigenvalue weighted by Crippen LogP contribution is 2.32. The van der Waals surface area contributed by atoms with Gasteiger partial charge < -0.3 is 9.47 Å². The van der Waals surface area contributed by atoms with Crippen LogP contribution < -0.4 is 9.47 Å². The Morgan fingerprint density at radius 3 is 1.16 bits per heavy atom. The molecule has 38 heavy (non-hydrogen) atoms. The van der Waals surface area contributed by atoms with Gasteiger partial charge in [0.25, 0.3) is 0 Å². The molecule has 4 nitrogen and oxygen atoms in total. The fourth-order valence-electron chi connectivity index (χ4n) is 4.68. The second kappa shape index (κ2) is 11.1. The predicted molar refractivity (Wildman–Crippen MR) is 155 cm³/mol. The third-order valence-electron chi connectivity index (χ3n) is 7.69. The van der Waals surface area contributed by atoms with Crippen LogP contribution in [0.2, 0.25) is 0 Å². The predicted octanol–water partition coefficient (Wildman–Crippen LogP) is 8.30. The Kier molecular flexibility index (Phi) is 8.55. The van der Waals surface area contributed by atoms with Crippen LogP contribution in [-0.4, -0.2) is 12.6 Å². The van der Waals surface area contributed by atoms with Gasteiger partial charge in [0.2, 0.25) is 0 Å². The molecule has 0 N–H and O–H groups in total. The molecule has 4 heteroatoms. The molecule has 0 saturated carbocycles. The minimum absolute atomic E-state index is 0.0449. The van der Waals surface area contributed by atoms with Crippen molar-refractivity contribution in [2.24, 2.45) is 0 Å². The SMILES string of the molecule is Cc1c(C)c(COc2ccc(C(C)(C)C)cc2C=O)c(C)c(C)c1COc1ccc(C(C)(C)C)cc1C=O. The average molecular weight is 515 g/mol. The van der Waals surface area contributed by atoms with E-state index in [4.69, 9.17) is 9.47 Å². The standard InChI is InChI=1S/C34H42O4/c1-21-22(2)30(20-38-32-14-12-28(34(8,9)10)16-26(32)18-36)24(4)23(3)29(21)19-37-31-13-11-27(33(5,6)7)15-25(31)17-35/h11-18H,19-20H2,1-10H3. The molecule has 0 amide bonds. The van der Waals surface area contributed by atoms with Gasteiger partial charge in [-0.15, -0.1) is 0 Å². The van der Waals surface area contributed by atoms with E-state index < -0.39 is 0 Å². The molecule has 0 aromatic heterocycles. The van der Waals surface area contributed by atoms with Crippen LogP contribution in [0.5, 0.6) is 11.5 Å². The van der Waals surface area contributed by atoms with Crippen LogP contribution in [-0.2, 0) is 24.0 Å². The lowest BCUT2D eigenvalue weighted by molar-refractivity contribution is 0.111. The molecular formula is C34H42O4. The van der Waals surface area contributed by atoms with Crippen molar-refractivity contribution in [1.82, 2.24) is 0 Å². The number of hydrogen-bond donors (Lipinski definition) is 0. The minimum atomic E-state index is -0.0449. The summed E-state index contributed by atoms with van der Waals surface area (Å²) in [5, 5.41) is 0. The maximum Gasteiger partial charge on any atom is 0.153 e. The highest BCUT2D eigenvalue weighted by molar-refractivity contribution is 5.80. The third kappa shape index (κ3) is 6.18. The van der Waals surface area contributed by atoms with E-state index in [1.54, 1.807) is 0 Å². The van der Waals surface area contributed by atoms with Crippen LogP contribution in [0.4, 0.5) is 0 Å². The summed E-state index contributed by atoms with van der Waals surface area (Å²) in [7, 11) is 0. The molecule has 0 aliphatic heterocycles. The van der Waals surface area contributed by atoms with Crippen molar-refractivity contribution in [3.05, 3.63) is 92.0 Å². The largest absolute Gasteiger partial charge is 0.488 e. The van der Waals surface area contributed by atoms with E-state index in [2.05, 4.69) is 69.2 Å². The van der Waals surface area contributed by atoms with Crippen LogP contribution in [0.1, 0.15) is 107 Å². The monoisotopic (exact) mass is 514 g/mol. The van der Waals surface area contributed by atoms with Gasteiger partial charge in [-0.25, -0.2) is 0 Å². The zero-order valence-electron chi connectivity index (χ0n) is 24.7. The van der Waals surface area contributed by atoms with E-state index in [1.165, 1.54) is 0 Å². The molecule has 0 aliphatic rings. The van der Waals surface area contributed by atoms with Crippen molar-refractivity contribution in [3.8, 4) is 11.5 Å². The molecule has 3 aromatic carbocycles. The third-order valence-corrected chi connectivity index (χ3v) is 7.69. The highest BCUT2D eigenvalue weighted by atomic mass is 16.5. The second-order valence-electron chi connectivity index (χ2n) is 12.3. The molecule has 0 fully saturated rings. The Bertz CT molecular complexity index is 1220. The molecule has 202 valence electrons. The molecule has 0 saturated heterocycles. The van der Waals surface area contributed by atoms with Gasteiger partial charge in [0.1, 0.15) is 24.7 Å². The summed E-state index contributed by atoms with van der Waals surface area (Å²) in [5.74, 6) is 1.18. The van der Waals surface area contributed by atoms with Crippen molar-refractivity contribution < 1.29 is 19.1 Å². The van der Waals surface area contributed by atoms with Gasteiger partial charge in [0.15, 0.2) is 12.6 Å². The summed E-state index contributed by atoms with van der Waals surface area (Å²) >= 11 is 0. The first kappa shape index (κ1) is 29.2. The Balaban J connectivity index is 1.86. The van der Waals surface area contributed by atoms with E-state index >= 15 is 0 Å². The topological polar surface area (TPSA) is 52.6 Å². The molecule has 0 atom stereocenters. The summed E-state index contributed by atoms with van der Waals surface area (Å²) in [6.07, 6.45) is 1.73. The van der Waals surface area contributed by atoms with Crippen LogP contribution in [0.15, 0.2) is 36.4 Å². The first-order chi connectivity index (χ1) is 17.7. The Morgan fingerprint density at radius 2 is 0.895 bits per heavy atom. The average Bonchev–Trinajstić information content (AvgIpc) is 2.86. The Labute approximate surface area is 228 Å². The van der Waals surface area contributed by atoms with E-state index in [0.29, 0.717) is 35.8 Å². The summed E-state index contributed by atoms with van der Waals surface area (Å²) in [6, 6.07) is 11.7. The lowest BCUT2D eigenvalue weighted by atomic mass is 9.86. The molecule has 0 spiro atoms. The van der Waals surface area contributed by atoms with E-state index in [9.17, 15) is 9.59 Å². The van der Waals surface area contributed by atoms with E-state index in [0.717, 1.165) is 57.1 Å². The summed E-state index contributed by atoms with van der Waals surface area (Å²) in [5.41, 5.74) is 10.0. The van der Waals surface area contributed by atoms with Gasteiger partial charge in [-0.3, -0.25) is 9.59 Å². The quantitative estimate of drug-likeness (QED) is 0.284. The number of ether oxygens (including phenoxy) is 2. The van der Waals surface area contributed by atoms with Gasteiger partial charge in [-0.1, -0.05) is 53.7 Å². The summed E-state index contributed by atoms with van der Waals surface area (Å²) in [4.78, 5) is 23.6. The lowest BCUT2D eigenvalue weighted by Gasteiger charge is -2.23. The van der Waals surface area contributed by atoms with Crippen molar-refractivity contribution in [3.63, 3.8) is 0 Å². The number of aldehydes is 2. The fraction of sp³-hybridized carbons (Fsp3) is 0.412. The van der Waals surface area contributed by atoms with Gasteiger partial charge >= 0.3 is 0 Å². The van der Waals surface area contributed by atoms with Crippen molar-refractivity contribution in [2.75, 3.05) is 0 Å². The maximum atomic E-state index is 11.8. The number of benzene rings is 3. The molecule has 0 bridgehead atoms. The normalized spacial score (nSPS) is 11.8. The molecule has 0 heterocycles. The van der Waals surface area contributed by atoms with Gasteiger partial charge in [0.05, 0.1) is 11.1 Å². The lowest BCUT2D eigenvalue weighted by Crippen LogP contribution is -2.13. The smallest absolute Gasteiger partial charge is 0.153 e. The zero-order chi connectivity index (χ0) is 28.4. The number of hydrogen-bond acceptors (Lipinski definition) is 4. The van der Waals surface area contributed by atoms with Crippen molar-refractivity contribution in [2.45, 2.75) is 93.3 Å². The number of carbonyl (C=O) groups excluding carboxylic acids is 2. The number of rotatable bonds is 8.